The number of carbonyl (C=O) groups is 1. The predicted molar refractivity (Wildman–Crippen MR) is 75.5 cm³/mol. The average molecular weight is 276 g/mol. The molecular formula is C16H21FN2O. The van der Waals surface area contributed by atoms with Gasteiger partial charge in [0.1, 0.15) is 5.82 Å². The third-order valence-electron chi connectivity index (χ3n) is 4.40. The Kier molecular flexibility index (Phi) is 3.74. The molecule has 2 unspecified atom stereocenters. The van der Waals surface area contributed by atoms with Crippen molar-refractivity contribution in [2.75, 3.05) is 13.1 Å². The molecule has 1 saturated carbocycles. The number of benzene rings is 1. The number of nitrogens with one attached hydrogen (secondary N) is 1. The molecule has 1 heterocycles. The largest absolute Gasteiger partial charge is 0.335 e. The summed E-state index contributed by atoms with van der Waals surface area (Å²) >= 11 is 0. The van der Waals surface area contributed by atoms with Crippen LogP contribution in [0.5, 0.6) is 0 Å². The molecule has 2 atom stereocenters. The van der Waals surface area contributed by atoms with Crippen molar-refractivity contribution in [1.82, 2.24) is 10.2 Å². The van der Waals surface area contributed by atoms with Gasteiger partial charge >= 0.3 is 0 Å². The lowest BCUT2D eigenvalue weighted by Crippen LogP contribution is -2.40. The molecule has 1 aliphatic heterocycles. The van der Waals surface area contributed by atoms with Gasteiger partial charge in [0.2, 0.25) is 5.91 Å². The highest BCUT2D eigenvalue weighted by Crippen LogP contribution is 2.32. The van der Waals surface area contributed by atoms with Crippen LogP contribution in [0.25, 0.3) is 0 Å². The lowest BCUT2D eigenvalue weighted by atomic mass is 9.96. The highest BCUT2D eigenvalue weighted by atomic mass is 19.1. The summed E-state index contributed by atoms with van der Waals surface area (Å²) in [4.78, 5) is 14.6. The summed E-state index contributed by atoms with van der Waals surface area (Å²) in [5.74, 6) is 0.378. The number of hydrogen-bond acceptors (Lipinski definition) is 2. The van der Waals surface area contributed by atoms with Gasteiger partial charge in [0.05, 0.1) is 5.92 Å². The Balaban J connectivity index is 1.76. The van der Waals surface area contributed by atoms with E-state index in [0.717, 1.165) is 25.9 Å². The van der Waals surface area contributed by atoms with E-state index in [1.807, 2.05) is 11.0 Å². The fraction of sp³-hybridized carbons (Fsp3) is 0.562. The van der Waals surface area contributed by atoms with Gasteiger partial charge in [-0.1, -0.05) is 25.1 Å². The van der Waals surface area contributed by atoms with Crippen LogP contribution in [0, 0.1) is 17.7 Å². The van der Waals surface area contributed by atoms with Crippen LogP contribution in [0.4, 0.5) is 4.39 Å². The molecule has 2 fully saturated rings. The van der Waals surface area contributed by atoms with E-state index in [-0.39, 0.29) is 17.6 Å². The maximum Gasteiger partial charge on any atom is 0.227 e. The lowest BCUT2D eigenvalue weighted by molar-refractivity contribution is -0.137. The lowest BCUT2D eigenvalue weighted by Gasteiger charge is -2.27. The van der Waals surface area contributed by atoms with Crippen molar-refractivity contribution in [2.24, 2.45) is 11.8 Å². The molecule has 0 radical (unpaired) electrons. The van der Waals surface area contributed by atoms with Gasteiger partial charge in [0, 0.05) is 24.7 Å². The Labute approximate surface area is 119 Å². The first-order chi connectivity index (χ1) is 9.66. The predicted octanol–water partition coefficient (Wildman–Crippen LogP) is 2.17. The Hall–Kier alpha value is -1.42. The van der Waals surface area contributed by atoms with Crippen molar-refractivity contribution in [2.45, 2.75) is 32.4 Å². The molecule has 0 bridgehead atoms. The van der Waals surface area contributed by atoms with Gasteiger partial charge in [-0.15, -0.1) is 0 Å². The molecule has 0 aromatic heterocycles. The second-order valence-electron chi connectivity index (χ2n) is 6.03. The standard InChI is InChI=1S/C16H21FN2O/c1-11-8-18-9-14(11)16(20)19(13-6-7-13)10-12-4-2-3-5-15(12)17/h2-5,11,13-14,18H,6-10H2,1H3. The SMILES string of the molecule is CC1CNCC1C(=O)N(Cc1ccccc1F)C1CC1. The third-order valence-corrected chi connectivity index (χ3v) is 4.40. The minimum absolute atomic E-state index is 0.0439. The van der Waals surface area contributed by atoms with Crippen LogP contribution in [0.2, 0.25) is 0 Å². The highest BCUT2D eigenvalue weighted by molar-refractivity contribution is 5.80. The zero-order chi connectivity index (χ0) is 14.1. The topological polar surface area (TPSA) is 32.3 Å². The summed E-state index contributed by atoms with van der Waals surface area (Å²) in [5, 5.41) is 3.27. The molecule has 3 rings (SSSR count). The maximum atomic E-state index is 13.8. The van der Waals surface area contributed by atoms with Crippen LogP contribution in [-0.2, 0) is 11.3 Å². The number of rotatable bonds is 4. The first-order valence-corrected chi connectivity index (χ1v) is 7.41. The molecule has 1 N–H and O–H groups in total. The van der Waals surface area contributed by atoms with E-state index >= 15 is 0 Å². The second-order valence-corrected chi connectivity index (χ2v) is 6.03. The van der Waals surface area contributed by atoms with E-state index in [1.54, 1.807) is 12.1 Å². The number of halogens is 1. The van der Waals surface area contributed by atoms with E-state index in [2.05, 4.69) is 12.2 Å². The van der Waals surface area contributed by atoms with Crippen LogP contribution in [-0.4, -0.2) is 29.9 Å². The monoisotopic (exact) mass is 276 g/mol. The van der Waals surface area contributed by atoms with E-state index in [9.17, 15) is 9.18 Å². The van der Waals surface area contributed by atoms with Crippen LogP contribution < -0.4 is 5.32 Å². The van der Waals surface area contributed by atoms with E-state index in [4.69, 9.17) is 0 Å². The fourth-order valence-corrected chi connectivity index (χ4v) is 2.94. The second kappa shape index (κ2) is 5.52. The molecule has 0 spiro atoms. The Morgan fingerprint density at radius 1 is 1.35 bits per heavy atom. The van der Waals surface area contributed by atoms with Gasteiger partial charge in [0.25, 0.3) is 0 Å². The Morgan fingerprint density at radius 3 is 2.70 bits per heavy atom. The normalized spacial score (nSPS) is 25.7. The Morgan fingerprint density at radius 2 is 2.10 bits per heavy atom. The summed E-state index contributed by atoms with van der Waals surface area (Å²) in [6, 6.07) is 7.06. The fourth-order valence-electron chi connectivity index (χ4n) is 2.94. The van der Waals surface area contributed by atoms with E-state index in [0.29, 0.717) is 24.1 Å². The molecule has 2 aliphatic rings. The van der Waals surface area contributed by atoms with Crippen molar-refractivity contribution in [3.63, 3.8) is 0 Å². The Bertz CT molecular complexity index is 501. The van der Waals surface area contributed by atoms with E-state index < -0.39 is 0 Å². The highest BCUT2D eigenvalue weighted by Gasteiger charge is 2.39. The molecule has 1 aromatic carbocycles. The molecule has 3 nitrogen and oxygen atoms in total. The molecule has 20 heavy (non-hydrogen) atoms. The molecule has 4 heteroatoms. The van der Waals surface area contributed by atoms with Gasteiger partial charge in [-0.25, -0.2) is 4.39 Å². The van der Waals surface area contributed by atoms with Crippen molar-refractivity contribution in [1.29, 1.82) is 0 Å². The maximum absolute atomic E-state index is 13.8. The number of amides is 1. The van der Waals surface area contributed by atoms with Crippen molar-refractivity contribution in [3.05, 3.63) is 35.6 Å². The first kappa shape index (κ1) is 13.6. The van der Waals surface area contributed by atoms with Crippen LogP contribution in [0.1, 0.15) is 25.3 Å². The van der Waals surface area contributed by atoms with Crippen LogP contribution >= 0.6 is 0 Å². The minimum atomic E-state index is -0.219. The number of hydrogen-bond donors (Lipinski definition) is 1. The number of carbonyl (C=O) groups excluding carboxylic acids is 1. The summed E-state index contributed by atoms with van der Waals surface area (Å²) in [5.41, 5.74) is 0.617. The third kappa shape index (κ3) is 2.70. The van der Waals surface area contributed by atoms with Gasteiger partial charge < -0.3 is 10.2 Å². The molecular weight excluding hydrogens is 255 g/mol. The molecule has 108 valence electrons. The molecule has 1 aliphatic carbocycles. The molecule has 1 aromatic rings. The van der Waals surface area contributed by atoms with Gasteiger partial charge in [-0.3, -0.25) is 4.79 Å². The van der Waals surface area contributed by atoms with Crippen molar-refractivity contribution >= 4 is 5.91 Å². The average Bonchev–Trinajstić information content (AvgIpc) is 3.19. The molecule has 1 saturated heterocycles. The quantitative estimate of drug-likeness (QED) is 0.914. The first-order valence-electron chi connectivity index (χ1n) is 7.41. The van der Waals surface area contributed by atoms with Gasteiger partial charge in [-0.05, 0) is 31.4 Å². The minimum Gasteiger partial charge on any atom is -0.335 e. The summed E-state index contributed by atoms with van der Waals surface area (Å²) < 4.78 is 13.8. The smallest absolute Gasteiger partial charge is 0.227 e. The van der Waals surface area contributed by atoms with Crippen LogP contribution in [0.3, 0.4) is 0 Å². The summed E-state index contributed by atoms with van der Waals surface area (Å²) in [6.45, 7) is 4.16. The van der Waals surface area contributed by atoms with Crippen molar-refractivity contribution in [3.8, 4) is 0 Å². The summed E-state index contributed by atoms with van der Waals surface area (Å²) in [6.07, 6.45) is 2.10. The van der Waals surface area contributed by atoms with Gasteiger partial charge in [-0.2, -0.15) is 0 Å². The number of nitrogens with zero attached hydrogens (tertiary/aromatic N) is 1. The summed E-state index contributed by atoms with van der Waals surface area (Å²) in [7, 11) is 0. The van der Waals surface area contributed by atoms with Gasteiger partial charge in [0.15, 0.2) is 0 Å². The molecule has 1 amide bonds. The zero-order valence-electron chi connectivity index (χ0n) is 11.8. The van der Waals surface area contributed by atoms with Crippen LogP contribution in [0.15, 0.2) is 24.3 Å². The van der Waals surface area contributed by atoms with Crippen molar-refractivity contribution < 1.29 is 9.18 Å². The zero-order valence-corrected chi connectivity index (χ0v) is 11.8. The van der Waals surface area contributed by atoms with E-state index in [1.165, 1.54) is 6.07 Å².